The summed E-state index contributed by atoms with van der Waals surface area (Å²) in [4.78, 5) is 19.6. The molecule has 0 unspecified atom stereocenters. The van der Waals surface area contributed by atoms with Gasteiger partial charge in [-0.25, -0.2) is 9.37 Å². The molecule has 1 aliphatic rings. The highest BCUT2D eigenvalue weighted by Gasteiger charge is 2.18. The van der Waals surface area contributed by atoms with Crippen LogP contribution in [0.4, 0.5) is 4.39 Å². The lowest BCUT2D eigenvalue weighted by atomic mass is 9.87. The van der Waals surface area contributed by atoms with Gasteiger partial charge in [-0.15, -0.1) is 11.3 Å². The number of benzene rings is 3. The van der Waals surface area contributed by atoms with Gasteiger partial charge in [0.05, 0.1) is 6.54 Å². The molecule has 1 aliphatic heterocycles. The van der Waals surface area contributed by atoms with Gasteiger partial charge < -0.3 is 14.8 Å². The van der Waals surface area contributed by atoms with Crippen LogP contribution in [-0.4, -0.2) is 22.6 Å². The van der Waals surface area contributed by atoms with Crippen molar-refractivity contribution in [3.63, 3.8) is 0 Å². The number of carbonyl (C=O) groups excluding carboxylic acids is 1. The number of nitrogens with zero attached hydrogens (tertiary/aromatic N) is 2. The fraction of sp³-hybridized carbons (Fsp3) is 0.290. The van der Waals surface area contributed by atoms with E-state index < -0.39 is 0 Å². The first kappa shape index (κ1) is 26.8. The molecular formula is C31H32FN3O3S. The monoisotopic (exact) mass is 545 g/mol. The standard InChI is InChI=1S/C31H32FN3O3S/c1-31(2,3)24-9-4-22(5-10-24)16-35(17-23-8-13-27-28(14-23)38-20-37-27)18-29-34-26(19-39-29)30(36)33-15-21-6-11-25(32)12-7-21/h4-14,19H,15-18,20H2,1-3H3,(H,33,36). The van der Waals surface area contributed by atoms with E-state index in [2.05, 4.69) is 66.3 Å². The molecule has 0 aliphatic carbocycles. The molecule has 0 radical (unpaired) electrons. The molecule has 5 rings (SSSR count). The lowest BCUT2D eigenvalue weighted by Gasteiger charge is -2.23. The van der Waals surface area contributed by atoms with Crippen LogP contribution >= 0.6 is 11.3 Å². The quantitative estimate of drug-likeness (QED) is 0.262. The van der Waals surface area contributed by atoms with Crippen molar-refractivity contribution < 1.29 is 18.7 Å². The number of thiazole rings is 1. The zero-order chi connectivity index (χ0) is 27.4. The average molecular weight is 546 g/mol. The number of hydrogen-bond donors (Lipinski definition) is 1. The maximum absolute atomic E-state index is 13.1. The number of fused-ring (bicyclic) bond motifs is 1. The molecule has 1 aromatic heterocycles. The summed E-state index contributed by atoms with van der Waals surface area (Å²) in [6, 6.07) is 20.9. The largest absolute Gasteiger partial charge is 0.454 e. The van der Waals surface area contributed by atoms with E-state index in [0.717, 1.165) is 34.2 Å². The van der Waals surface area contributed by atoms with E-state index in [1.165, 1.54) is 34.6 Å². The summed E-state index contributed by atoms with van der Waals surface area (Å²) in [6.07, 6.45) is 0. The van der Waals surface area contributed by atoms with Crippen LogP contribution in [0.1, 0.15) is 58.5 Å². The number of nitrogens with one attached hydrogen (secondary N) is 1. The highest BCUT2D eigenvalue weighted by molar-refractivity contribution is 7.09. The number of halogens is 1. The van der Waals surface area contributed by atoms with Crippen molar-refractivity contribution in [1.29, 1.82) is 0 Å². The molecule has 0 bridgehead atoms. The lowest BCUT2D eigenvalue weighted by Crippen LogP contribution is -2.24. The zero-order valence-corrected chi connectivity index (χ0v) is 23.2. The van der Waals surface area contributed by atoms with Crippen LogP contribution in [0.2, 0.25) is 0 Å². The van der Waals surface area contributed by atoms with Crippen molar-refractivity contribution >= 4 is 17.2 Å². The summed E-state index contributed by atoms with van der Waals surface area (Å²) in [6.45, 7) is 9.19. The van der Waals surface area contributed by atoms with Crippen LogP contribution < -0.4 is 14.8 Å². The second-order valence-electron chi connectivity index (χ2n) is 10.7. The average Bonchev–Trinajstić information content (AvgIpc) is 3.57. The predicted molar refractivity (Wildman–Crippen MR) is 150 cm³/mol. The number of aromatic nitrogens is 1. The fourth-order valence-corrected chi connectivity index (χ4v) is 5.20. The molecule has 0 saturated heterocycles. The molecule has 8 heteroatoms. The maximum Gasteiger partial charge on any atom is 0.271 e. The summed E-state index contributed by atoms with van der Waals surface area (Å²) in [7, 11) is 0. The number of amides is 1. The minimum Gasteiger partial charge on any atom is -0.454 e. The SMILES string of the molecule is CC(C)(C)c1ccc(CN(Cc2ccc3c(c2)OCO3)Cc2nc(C(=O)NCc3ccc(F)cc3)cs2)cc1. The summed E-state index contributed by atoms with van der Waals surface area (Å²) in [5.74, 6) is 0.974. The van der Waals surface area contributed by atoms with Crippen LogP contribution in [0.25, 0.3) is 0 Å². The van der Waals surface area contributed by atoms with Gasteiger partial charge in [0.1, 0.15) is 16.5 Å². The van der Waals surface area contributed by atoms with Gasteiger partial charge in [0, 0.05) is 25.0 Å². The van der Waals surface area contributed by atoms with E-state index in [1.807, 2.05) is 12.1 Å². The van der Waals surface area contributed by atoms with E-state index in [9.17, 15) is 9.18 Å². The van der Waals surface area contributed by atoms with Crippen molar-refractivity contribution in [3.8, 4) is 11.5 Å². The van der Waals surface area contributed by atoms with Crippen molar-refractivity contribution in [3.05, 3.63) is 111 Å². The Morgan fingerprint density at radius 2 is 1.59 bits per heavy atom. The third kappa shape index (κ3) is 7.02. The van der Waals surface area contributed by atoms with Crippen molar-refractivity contribution in [2.45, 2.75) is 52.4 Å². The number of rotatable bonds is 9. The van der Waals surface area contributed by atoms with Crippen molar-refractivity contribution in [2.75, 3.05) is 6.79 Å². The van der Waals surface area contributed by atoms with Gasteiger partial charge in [0.15, 0.2) is 11.5 Å². The number of ether oxygens (including phenoxy) is 2. The minimum atomic E-state index is -0.301. The van der Waals surface area contributed by atoms with Gasteiger partial charge >= 0.3 is 0 Å². The van der Waals surface area contributed by atoms with Crippen LogP contribution in [0.5, 0.6) is 11.5 Å². The number of hydrogen-bond acceptors (Lipinski definition) is 6. The third-order valence-corrected chi connectivity index (χ3v) is 7.41. The highest BCUT2D eigenvalue weighted by Crippen LogP contribution is 2.33. The Labute approximate surface area is 232 Å². The Bertz CT molecular complexity index is 1430. The molecule has 0 spiro atoms. The topological polar surface area (TPSA) is 63.7 Å². The molecule has 1 N–H and O–H groups in total. The van der Waals surface area contributed by atoms with Crippen molar-refractivity contribution in [1.82, 2.24) is 15.2 Å². The normalized spacial score (nSPS) is 12.6. The van der Waals surface area contributed by atoms with Gasteiger partial charge in [-0.1, -0.05) is 63.2 Å². The van der Waals surface area contributed by atoms with E-state index in [-0.39, 0.29) is 23.9 Å². The third-order valence-electron chi connectivity index (χ3n) is 6.58. The smallest absolute Gasteiger partial charge is 0.271 e. The maximum atomic E-state index is 13.1. The molecule has 3 aromatic carbocycles. The molecule has 202 valence electrons. The second-order valence-corrected chi connectivity index (χ2v) is 11.7. The van der Waals surface area contributed by atoms with Gasteiger partial charge in [0.2, 0.25) is 6.79 Å². The molecule has 0 atom stereocenters. The Balaban J connectivity index is 1.28. The molecule has 0 saturated carbocycles. The predicted octanol–water partition coefficient (Wildman–Crippen LogP) is 6.44. The van der Waals surface area contributed by atoms with Crippen LogP contribution in [0, 0.1) is 5.82 Å². The first-order valence-electron chi connectivity index (χ1n) is 12.9. The van der Waals surface area contributed by atoms with Crippen LogP contribution in [0.3, 0.4) is 0 Å². The van der Waals surface area contributed by atoms with E-state index >= 15 is 0 Å². The first-order chi connectivity index (χ1) is 18.7. The van der Waals surface area contributed by atoms with Gasteiger partial charge in [-0.05, 0) is 51.9 Å². The van der Waals surface area contributed by atoms with Crippen molar-refractivity contribution in [2.24, 2.45) is 0 Å². The summed E-state index contributed by atoms with van der Waals surface area (Å²) in [5.41, 5.74) is 4.92. The van der Waals surface area contributed by atoms with Gasteiger partial charge in [-0.2, -0.15) is 0 Å². The van der Waals surface area contributed by atoms with E-state index in [4.69, 9.17) is 9.47 Å². The molecule has 6 nitrogen and oxygen atoms in total. The summed E-state index contributed by atoms with van der Waals surface area (Å²) in [5, 5.41) is 5.51. The Morgan fingerprint density at radius 1 is 0.923 bits per heavy atom. The van der Waals surface area contributed by atoms with E-state index in [0.29, 0.717) is 25.3 Å². The first-order valence-corrected chi connectivity index (χ1v) is 13.8. The fourth-order valence-electron chi connectivity index (χ4n) is 4.39. The summed E-state index contributed by atoms with van der Waals surface area (Å²) < 4.78 is 24.2. The molecule has 4 aromatic rings. The Hall–Kier alpha value is -3.75. The van der Waals surface area contributed by atoms with Gasteiger partial charge in [-0.3, -0.25) is 9.69 Å². The van der Waals surface area contributed by atoms with Crippen LogP contribution in [0.15, 0.2) is 72.1 Å². The minimum absolute atomic E-state index is 0.0965. The van der Waals surface area contributed by atoms with E-state index in [1.54, 1.807) is 17.5 Å². The summed E-state index contributed by atoms with van der Waals surface area (Å²) >= 11 is 1.47. The lowest BCUT2D eigenvalue weighted by molar-refractivity contribution is 0.0946. The molecule has 1 amide bonds. The molecule has 0 fully saturated rings. The molecular weight excluding hydrogens is 513 g/mol. The molecule has 39 heavy (non-hydrogen) atoms. The zero-order valence-electron chi connectivity index (χ0n) is 22.4. The Kier molecular flexibility index (Phi) is 7.95. The van der Waals surface area contributed by atoms with Crippen LogP contribution in [-0.2, 0) is 31.6 Å². The number of carbonyl (C=O) groups is 1. The highest BCUT2D eigenvalue weighted by atomic mass is 32.1. The molecule has 2 heterocycles. The Morgan fingerprint density at radius 3 is 2.33 bits per heavy atom. The second kappa shape index (κ2) is 11.6. The van der Waals surface area contributed by atoms with Gasteiger partial charge in [0.25, 0.3) is 5.91 Å².